The van der Waals surface area contributed by atoms with Crippen LogP contribution in [0.15, 0.2) is 48.5 Å². The molecular weight excluding hydrogens is 353 g/mol. The van der Waals surface area contributed by atoms with Gasteiger partial charge in [0.25, 0.3) is 5.91 Å². The highest BCUT2D eigenvalue weighted by Gasteiger charge is 2.14. The monoisotopic (exact) mass is 374 g/mol. The van der Waals surface area contributed by atoms with Crippen molar-refractivity contribution < 1.29 is 18.8 Å². The largest absolute Gasteiger partial charge is 0.370 e. The van der Waals surface area contributed by atoms with E-state index in [2.05, 4.69) is 10.6 Å². The van der Waals surface area contributed by atoms with E-state index in [0.29, 0.717) is 0 Å². The van der Waals surface area contributed by atoms with Gasteiger partial charge in [-0.1, -0.05) is 24.3 Å². The molecule has 1 fully saturated rings. The molecular formula is C19H21FN3O2S+. The fraction of sp³-hybridized carbons (Fsp3) is 0.263. The highest BCUT2D eigenvalue weighted by molar-refractivity contribution is 7.80. The Morgan fingerprint density at radius 2 is 1.81 bits per heavy atom. The van der Waals surface area contributed by atoms with E-state index in [1.165, 1.54) is 28.7 Å². The zero-order chi connectivity index (χ0) is 18.4. The van der Waals surface area contributed by atoms with Crippen LogP contribution in [0.3, 0.4) is 0 Å². The van der Waals surface area contributed by atoms with Gasteiger partial charge in [0.2, 0.25) is 0 Å². The molecule has 0 spiro atoms. The third kappa shape index (κ3) is 5.08. The summed E-state index contributed by atoms with van der Waals surface area (Å²) in [5, 5.41) is 5.56. The maximum atomic E-state index is 13.6. The van der Waals surface area contributed by atoms with E-state index >= 15 is 0 Å². The predicted octanol–water partition coefficient (Wildman–Crippen LogP) is 1.37. The molecule has 1 saturated heterocycles. The molecule has 1 heterocycles. The number of rotatable bonds is 4. The zero-order valence-corrected chi connectivity index (χ0v) is 15.1. The Balaban J connectivity index is 1.52. The second kappa shape index (κ2) is 8.84. The molecule has 0 saturated carbocycles. The van der Waals surface area contributed by atoms with E-state index in [4.69, 9.17) is 17.0 Å². The summed E-state index contributed by atoms with van der Waals surface area (Å²) in [4.78, 5) is 13.6. The number of amides is 1. The highest BCUT2D eigenvalue weighted by Crippen LogP contribution is 2.10. The van der Waals surface area contributed by atoms with Crippen LogP contribution >= 0.6 is 12.2 Å². The number of carbonyl (C=O) groups excluding carboxylic acids is 1. The Bertz CT molecular complexity index is 777. The summed E-state index contributed by atoms with van der Waals surface area (Å²) < 4.78 is 19.0. The number of anilines is 1. The number of hydrogen-bond donors (Lipinski definition) is 3. The first-order valence-corrected chi connectivity index (χ1v) is 8.90. The van der Waals surface area contributed by atoms with Gasteiger partial charge in [0.05, 0.1) is 18.8 Å². The van der Waals surface area contributed by atoms with E-state index in [9.17, 15) is 9.18 Å². The van der Waals surface area contributed by atoms with Crippen LogP contribution in [0.1, 0.15) is 15.9 Å². The Morgan fingerprint density at radius 3 is 2.50 bits per heavy atom. The van der Waals surface area contributed by atoms with Crippen molar-refractivity contribution in [3.8, 4) is 0 Å². The van der Waals surface area contributed by atoms with Crippen molar-refractivity contribution in [3.63, 3.8) is 0 Å². The summed E-state index contributed by atoms with van der Waals surface area (Å²) in [5.41, 5.74) is 1.96. The van der Waals surface area contributed by atoms with Gasteiger partial charge in [-0.3, -0.25) is 10.1 Å². The van der Waals surface area contributed by atoms with Crippen LogP contribution in [0.5, 0.6) is 0 Å². The van der Waals surface area contributed by atoms with Gasteiger partial charge in [0.15, 0.2) is 5.11 Å². The third-order valence-electron chi connectivity index (χ3n) is 4.21. The number of nitrogens with one attached hydrogen (secondary N) is 3. The van der Waals surface area contributed by atoms with Gasteiger partial charge in [0.1, 0.15) is 25.5 Å². The summed E-state index contributed by atoms with van der Waals surface area (Å²) in [6.07, 6.45) is 0. The van der Waals surface area contributed by atoms with Crippen molar-refractivity contribution in [1.82, 2.24) is 5.32 Å². The topological polar surface area (TPSA) is 54.8 Å². The second-order valence-electron chi connectivity index (χ2n) is 6.12. The van der Waals surface area contributed by atoms with Crippen LogP contribution in [0.2, 0.25) is 0 Å². The van der Waals surface area contributed by atoms with Gasteiger partial charge < -0.3 is 15.0 Å². The third-order valence-corrected chi connectivity index (χ3v) is 4.42. The van der Waals surface area contributed by atoms with Crippen molar-refractivity contribution in [2.24, 2.45) is 0 Å². The molecule has 0 unspecified atom stereocenters. The fourth-order valence-corrected chi connectivity index (χ4v) is 3.02. The van der Waals surface area contributed by atoms with Crippen LogP contribution < -0.4 is 15.5 Å². The van der Waals surface area contributed by atoms with E-state index < -0.39 is 11.7 Å². The number of benzene rings is 2. The van der Waals surface area contributed by atoms with Gasteiger partial charge in [0, 0.05) is 11.3 Å². The number of carbonyl (C=O) groups is 1. The van der Waals surface area contributed by atoms with E-state index in [-0.39, 0.29) is 10.7 Å². The number of thiocarbonyl (C=S) groups is 1. The first-order chi connectivity index (χ1) is 12.6. The van der Waals surface area contributed by atoms with Gasteiger partial charge in [-0.05, 0) is 36.5 Å². The SMILES string of the molecule is O=C(NC(=S)Nc1ccc(C[NH+]2CCOCC2)cc1)c1ccccc1F. The summed E-state index contributed by atoms with van der Waals surface area (Å²) in [6, 6.07) is 13.7. The lowest BCUT2D eigenvalue weighted by molar-refractivity contribution is -0.921. The first kappa shape index (κ1) is 18.4. The molecule has 3 N–H and O–H groups in total. The predicted molar refractivity (Wildman–Crippen MR) is 102 cm³/mol. The lowest BCUT2D eigenvalue weighted by Gasteiger charge is -2.23. The minimum absolute atomic E-state index is 0.0412. The summed E-state index contributed by atoms with van der Waals surface area (Å²) in [6.45, 7) is 4.62. The highest BCUT2D eigenvalue weighted by atomic mass is 32.1. The normalized spacial score (nSPS) is 14.7. The van der Waals surface area contributed by atoms with Crippen molar-refractivity contribution >= 4 is 28.9 Å². The number of hydrogen-bond acceptors (Lipinski definition) is 3. The number of halogens is 1. The Morgan fingerprint density at radius 1 is 1.12 bits per heavy atom. The molecule has 26 heavy (non-hydrogen) atoms. The molecule has 5 nitrogen and oxygen atoms in total. The van der Waals surface area contributed by atoms with Crippen LogP contribution in [-0.2, 0) is 11.3 Å². The van der Waals surface area contributed by atoms with Crippen LogP contribution in [0.4, 0.5) is 10.1 Å². The number of quaternary nitrogens is 1. The Kier molecular flexibility index (Phi) is 6.27. The van der Waals surface area contributed by atoms with E-state index in [0.717, 1.165) is 38.5 Å². The minimum atomic E-state index is -0.581. The number of ether oxygens (including phenoxy) is 1. The van der Waals surface area contributed by atoms with Crippen molar-refractivity contribution in [3.05, 3.63) is 65.5 Å². The van der Waals surface area contributed by atoms with E-state index in [1.54, 1.807) is 6.07 Å². The molecule has 1 aliphatic heterocycles. The van der Waals surface area contributed by atoms with Gasteiger partial charge >= 0.3 is 0 Å². The average Bonchev–Trinajstić information content (AvgIpc) is 2.64. The molecule has 0 radical (unpaired) electrons. The molecule has 0 aromatic heterocycles. The quantitative estimate of drug-likeness (QED) is 0.708. The lowest BCUT2D eigenvalue weighted by Crippen LogP contribution is -3.12. The second-order valence-corrected chi connectivity index (χ2v) is 6.53. The van der Waals surface area contributed by atoms with Gasteiger partial charge in [-0.15, -0.1) is 0 Å². The molecule has 0 atom stereocenters. The molecule has 2 aromatic carbocycles. The van der Waals surface area contributed by atoms with Gasteiger partial charge in [-0.25, -0.2) is 4.39 Å². The maximum Gasteiger partial charge on any atom is 0.260 e. The van der Waals surface area contributed by atoms with Crippen LogP contribution in [-0.4, -0.2) is 37.3 Å². The molecule has 7 heteroatoms. The first-order valence-electron chi connectivity index (χ1n) is 8.49. The Labute approximate surface area is 157 Å². The zero-order valence-electron chi connectivity index (χ0n) is 14.3. The summed E-state index contributed by atoms with van der Waals surface area (Å²) in [5.74, 6) is -1.16. The Hall–Kier alpha value is -2.35. The number of morpholine rings is 1. The molecule has 1 amide bonds. The molecule has 1 aliphatic rings. The van der Waals surface area contributed by atoms with Crippen molar-refractivity contribution in [1.29, 1.82) is 0 Å². The van der Waals surface area contributed by atoms with Crippen LogP contribution in [0.25, 0.3) is 0 Å². The van der Waals surface area contributed by atoms with Gasteiger partial charge in [-0.2, -0.15) is 0 Å². The molecule has 3 rings (SSSR count). The van der Waals surface area contributed by atoms with E-state index in [1.807, 2.05) is 24.3 Å². The fourth-order valence-electron chi connectivity index (χ4n) is 2.81. The smallest absolute Gasteiger partial charge is 0.260 e. The van der Waals surface area contributed by atoms with Crippen LogP contribution in [0, 0.1) is 5.82 Å². The molecule has 0 aliphatic carbocycles. The van der Waals surface area contributed by atoms with Crippen molar-refractivity contribution in [2.75, 3.05) is 31.6 Å². The van der Waals surface area contributed by atoms with Crippen molar-refractivity contribution in [2.45, 2.75) is 6.54 Å². The molecule has 2 aromatic rings. The molecule has 0 bridgehead atoms. The summed E-state index contributed by atoms with van der Waals surface area (Å²) in [7, 11) is 0. The lowest BCUT2D eigenvalue weighted by atomic mass is 10.2. The minimum Gasteiger partial charge on any atom is -0.370 e. The average molecular weight is 374 g/mol. The maximum absolute atomic E-state index is 13.6. The molecule has 136 valence electrons. The summed E-state index contributed by atoms with van der Waals surface area (Å²) >= 11 is 5.14. The standard InChI is InChI=1S/C19H20FN3O2S/c20-17-4-2-1-3-16(17)18(24)22-19(26)21-15-7-5-14(6-8-15)13-23-9-11-25-12-10-23/h1-8H,9-13H2,(H2,21,22,24,26)/p+1.